The molecule has 0 aromatic heterocycles. The molecule has 3 rings (SSSR count). The summed E-state index contributed by atoms with van der Waals surface area (Å²) >= 11 is 0. The lowest BCUT2D eigenvalue weighted by atomic mass is 10.1. The highest BCUT2D eigenvalue weighted by Crippen LogP contribution is 2.20. The Kier molecular flexibility index (Phi) is 9.85. The maximum atomic E-state index is 6.09. The molecule has 28 heavy (non-hydrogen) atoms. The molecule has 2 aliphatic rings. The van der Waals surface area contributed by atoms with Gasteiger partial charge in [-0.25, -0.2) is 4.99 Å². The number of hydrogen-bond donors (Lipinski definition) is 1. The molecular weight excluding hydrogens is 463 g/mol. The third-order valence-corrected chi connectivity index (χ3v) is 5.56. The number of nitrogens with zero attached hydrogens (tertiary/aromatic N) is 3. The van der Waals surface area contributed by atoms with Crippen molar-refractivity contribution in [2.75, 3.05) is 45.8 Å². The van der Waals surface area contributed by atoms with Crippen molar-refractivity contribution in [3.63, 3.8) is 0 Å². The highest BCUT2D eigenvalue weighted by molar-refractivity contribution is 14.0. The van der Waals surface area contributed by atoms with Gasteiger partial charge in [0.1, 0.15) is 11.9 Å². The second-order valence-corrected chi connectivity index (χ2v) is 8.00. The minimum atomic E-state index is 0. The Morgan fingerprint density at radius 1 is 1.25 bits per heavy atom. The summed E-state index contributed by atoms with van der Waals surface area (Å²) < 4.78 is 6.09. The maximum Gasteiger partial charge on any atom is 0.194 e. The molecule has 2 heterocycles. The van der Waals surface area contributed by atoms with Gasteiger partial charge in [-0.05, 0) is 70.7 Å². The summed E-state index contributed by atoms with van der Waals surface area (Å²) in [5, 5.41) is 3.48. The molecule has 2 fully saturated rings. The van der Waals surface area contributed by atoms with E-state index in [0.29, 0.717) is 6.54 Å². The lowest BCUT2D eigenvalue weighted by Crippen LogP contribution is -2.41. The van der Waals surface area contributed by atoms with Gasteiger partial charge < -0.3 is 19.9 Å². The molecule has 0 amide bonds. The van der Waals surface area contributed by atoms with Crippen molar-refractivity contribution in [2.45, 2.75) is 46.1 Å². The zero-order valence-electron chi connectivity index (χ0n) is 17.7. The molecule has 2 atom stereocenters. The normalized spacial score (nSPS) is 21.5. The third-order valence-electron chi connectivity index (χ3n) is 5.56. The van der Waals surface area contributed by atoms with E-state index in [0.717, 1.165) is 37.3 Å². The summed E-state index contributed by atoms with van der Waals surface area (Å²) in [6, 6.07) is 8.18. The molecule has 0 saturated carbocycles. The monoisotopic (exact) mass is 500 g/mol. The van der Waals surface area contributed by atoms with Crippen LogP contribution in [-0.4, -0.2) is 67.7 Å². The van der Waals surface area contributed by atoms with Crippen LogP contribution < -0.4 is 10.1 Å². The van der Waals surface area contributed by atoms with Gasteiger partial charge in [-0.15, -0.1) is 24.0 Å². The first-order chi connectivity index (χ1) is 13.2. The molecule has 5 nitrogen and oxygen atoms in total. The number of nitrogens with one attached hydrogen (secondary N) is 1. The predicted molar refractivity (Wildman–Crippen MR) is 128 cm³/mol. The van der Waals surface area contributed by atoms with Crippen LogP contribution in [0, 0.1) is 12.8 Å². The van der Waals surface area contributed by atoms with Gasteiger partial charge in [-0.2, -0.15) is 0 Å². The van der Waals surface area contributed by atoms with Crippen LogP contribution in [0.1, 0.15) is 38.7 Å². The van der Waals surface area contributed by atoms with E-state index < -0.39 is 0 Å². The molecule has 2 unspecified atom stereocenters. The van der Waals surface area contributed by atoms with Crippen molar-refractivity contribution < 1.29 is 4.74 Å². The van der Waals surface area contributed by atoms with Crippen molar-refractivity contribution in [1.29, 1.82) is 0 Å². The maximum absolute atomic E-state index is 6.09. The fourth-order valence-corrected chi connectivity index (χ4v) is 4.09. The minimum Gasteiger partial charge on any atom is -0.489 e. The van der Waals surface area contributed by atoms with Crippen LogP contribution in [0.5, 0.6) is 5.75 Å². The van der Waals surface area contributed by atoms with Gasteiger partial charge in [0.25, 0.3) is 0 Å². The predicted octanol–water partition coefficient (Wildman–Crippen LogP) is 3.76. The van der Waals surface area contributed by atoms with Crippen LogP contribution >= 0.6 is 24.0 Å². The van der Waals surface area contributed by atoms with Crippen molar-refractivity contribution in [3.8, 4) is 5.75 Å². The van der Waals surface area contributed by atoms with Gasteiger partial charge in [0.2, 0.25) is 0 Å². The van der Waals surface area contributed by atoms with Crippen LogP contribution in [0.25, 0.3) is 0 Å². The van der Waals surface area contributed by atoms with E-state index in [1.807, 2.05) is 18.2 Å². The van der Waals surface area contributed by atoms with Crippen LogP contribution in [0.2, 0.25) is 0 Å². The van der Waals surface area contributed by atoms with Crippen molar-refractivity contribution in [3.05, 3.63) is 29.8 Å². The Balaban J connectivity index is 0.00000280. The highest BCUT2D eigenvalue weighted by Gasteiger charge is 2.27. The van der Waals surface area contributed by atoms with Gasteiger partial charge in [0.05, 0.1) is 6.54 Å². The molecule has 1 aromatic rings. The van der Waals surface area contributed by atoms with Gasteiger partial charge in [-0.1, -0.05) is 18.2 Å². The zero-order chi connectivity index (χ0) is 19.1. The van der Waals surface area contributed by atoms with E-state index in [1.165, 1.54) is 44.5 Å². The van der Waals surface area contributed by atoms with E-state index >= 15 is 0 Å². The SMILES string of the molecule is CCNC(=NCC(C)Oc1ccccc1C)N1CCC(CN2CCCC2)C1.I. The highest BCUT2D eigenvalue weighted by atomic mass is 127. The number of halogens is 1. The quantitative estimate of drug-likeness (QED) is 0.352. The fourth-order valence-electron chi connectivity index (χ4n) is 4.09. The molecule has 0 spiro atoms. The van der Waals surface area contributed by atoms with Crippen molar-refractivity contribution >= 4 is 29.9 Å². The van der Waals surface area contributed by atoms with E-state index in [4.69, 9.17) is 9.73 Å². The van der Waals surface area contributed by atoms with E-state index in [1.54, 1.807) is 0 Å². The summed E-state index contributed by atoms with van der Waals surface area (Å²) in [7, 11) is 0. The smallest absolute Gasteiger partial charge is 0.194 e. The Morgan fingerprint density at radius 2 is 2.00 bits per heavy atom. The van der Waals surface area contributed by atoms with Crippen molar-refractivity contribution in [2.24, 2.45) is 10.9 Å². The first kappa shape index (κ1) is 23.3. The number of para-hydroxylation sites is 1. The first-order valence-corrected chi connectivity index (χ1v) is 10.6. The molecular formula is C22H37IN4O. The van der Waals surface area contributed by atoms with Crippen LogP contribution in [0.15, 0.2) is 29.3 Å². The van der Waals surface area contributed by atoms with Gasteiger partial charge >= 0.3 is 0 Å². The van der Waals surface area contributed by atoms with Crippen LogP contribution in [0.3, 0.4) is 0 Å². The van der Waals surface area contributed by atoms with Gasteiger partial charge in [0, 0.05) is 26.2 Å². The van der Waals surface area contributed by atoms with Crippen LogP contribution in [0.4, 0.5) is 0 Å². The standard InChI is InChI=1S/C22H36N4O.HI/c1-4-23-22(24-15-19(3)27-21-10-6-5-9-18(21)2)26-14-11-20(17-26)16-25-12-7-8-13-25;/h5-6,9-10,19-20H,4,7-8,11-17H2,1-3H3,(H,23,24);1H. The number of rotatable bonds is 7. The molecule has 1 N–H and O–H groups in total. The van der Waals surface area contributed by atoms with Crippen molar-refractivity contribution in [1.82, 2.24) is 15.1 Å². The molecule has 1 aromatic carbocycles. The average molecular weight is 500 g/mol. The largest absolute Gasteiger partial charge is 0.489 e. The number of hydrogen-bond acceptors (Lipinski definition) is 3. The molecule has 158 valence electrons. The molecule has 0 bridgehead atoms. The molecule has 0 radical (unpaired) electrons. The Bertz CT molecular complexity index is 618. The molecule has 2 aliphatic heterocycles. The van der Waals surface area contributed by atoms with E-state index in [9.17, 15) is 0 Å². The number of benzene rings is 1. The van der Waals surface area contributed by atoms with Gasteiger partial charge in [0.15, 0.2) is 5.96 Å². The van der Waals surface area contributed by atoms with E-state index in [-0.39, 0.29) is 30.1 Å². The number of likely N-dealkylation sites (tertiary alicyclic amines) is 2. The third kappa shape index (κ3) is 6.79. The number of ether oxygens (including phenoxy) is 1. The first-order valence-electron chi connectivity index (χ1n) is 10.6. The lowest BCUT2D eigenvalue weighted by molar-refractivity contribution is 0.228. The summed E-state index contributed by atoms with van der Waals surface area (Å²) in [4.78, 5) is 9.95. The topological polar surface area (TPSA) is 40.1 Å². The summed E-state index contributed by atoms with van der Waals surface area (Å²) in [6.07, 6.45) is 4.08. The Hall–Kier alpha value is -1.02. The second kappa shape index (κ2) is 11.9. The molecule has 2 saturated heterocycles. The fraction of sp³-hybridized carbons (Fsp3) is 0.682. The summed E-state index contributed by atoms with van der Waals surface area (Å²) in [5.74, 6) is 2.77. The minimum absolute atomic E-state index is 0. The Morgan fingerprint density at radius 3 is 2.71 bits per heavy atom. The number of guanidine groups is 1. The Labute approximate surface area is 187 Å². The van der Waals surface area contributed by atoms with Crippen LogP contribution in [-0.2, 0) is 0 Å². The van der Waals surface area contributed by atoms with E-state index in [2.05, 4.69) is 42.0 Å². The zero-order valence-corrected chi connectivity index (χ0v) is 20.0. The number of aryl methyl sites for hydroxylation is 1. The summed E-state index contributed by atoms with van der Waals surface area (Å²) in [5.41, 5.74) is 1.17. The average Bonchev–Trinajstić information content (AvgIpc) is 3.33. The molecule has 6 heteroatoms. The lowest BCUT2D eigenvalue weighted by Gasteiger charge is -2.24. The van der Waals surface area contributed by atoms with Gasteiger partial charge in [-0.3, -0.25) is 0 Å². The number of aliphatic imine (C=N–C) groups is 1. The summed E-state index contributed by atoms with van der Waals surface area (Å²) in [6.45, 7) is 14.0. The molecule has 0 aliphatic carbocycles. The second-order valence-electron chi connectivity index (χ2n) is 8.00.